The van der Waals surface area contributed by atoms with Crippen LogP contribution in [0.4, 0.5) is 4.39 Å². The number of hydrogen-bond donors (Lipinski definition) is 3. The molecular weight excluding hydrogens is 275 g/mol. The number of carbonyl (C=O) groups is 2. The van der Waals surface area contributed by atoms with Crippen molar-refractivity contribution in [2.75, 3.05) is 6.54 Å². The SMILES string of the molecule is CCC(C)NC(=O)CCNCc1ccc(C(=O)O)c(F)c1. The molecule has 0 aromatic heterocycles. The Morgan fingerprint density at radius 2 is 2.10 bits per heavy atom. The summed E-state index contributed by atoms with van der Waals surface area (Å²) in [4.78, 5) is 22.2. The summed E-state index contributed by atoms with van der Waals surface area (Å²) in [6, 6.07) is 4.15. The lowest BCUT2D eigenvalue weighted by atomic mass is 10.1. The number of benzene rings is 1. The van der Waals surface area contributed by atoms with Crippen molar-refractivity contribution in [3.8, 4) is 0 Å². The van der Waals surface area contributed by atoms with Gasteiger partial charge >= 0.3 is 5.97 Å². The van der Waals surface area contributed by atoms with Gasteiger partial charge in [-0.15, -0.1) is 0 Å². The Morgan fingerprint density at radius 1 is 1.38 bits per heavy atom. The van der Waals surface area contributed by atoms with E-state index in [9.17, 15) is 14.0 Å². The van der Waals surface area contributed by atoms with Gasteiger partial charge in [-0.25, -0.2) is 9.18 Å². The number of hydrogen-bond acceptors (Lipinski definition) is 3. The zero-order valence-corrected chi connectivity index (χ0v) is 12.3. The van der Waals surface area contributed by atoms with Crippen LogP contribution in [0.5, 0.6) is 0 Å². The molecule has 21 heavy (non-hydrogen) atoms. The Hall–Kier alpha value is -1.95. The van der Waals surface area contributed by atoms with Crippen molar-refractivity contribution in [2.45, 2.75) is 39.3 Å². The lowest BCUT2D eigenvalue weighted by molar-refractivity contribution is -0.121. The summed E-state index contributed by atoms with van der Waals surface area (Å²) in [5, 5.41) is 14.6. The highest BCUT2D eigenvalue weighted by atomic mass is 19.1. The number of carboxylic acid groups (broad SMARTS) is 1. The number of carbonyl (C=O) groups excluding carboxylic acids is 1. The summed E-state index contributed by atoms with van der Waals surface area (Å²) in [6.45, 7) is 4.80. The van der Waals surface area contributed by atoms with Crippen molar-refractivity contribution in [1.29, 1.82) is 0 Å². The van der Waals surface area contributed by atoms with Gasteiger partial charge in [-0.1, -0.05) is 13.0 Å². The molecule has 0 saturated heterocycles. The van der Waals surface area contributed by atoms with E-state index in [1.807, 2.05) is 13.8 Å². The van der Waals surface area contributed by atoms with Crippen LogP contribution in [0, 0.1) is 5.82 Å². The van der Waals surface area contributed by atoms with E-state index in [1.54, 1.807) is 6.07 Å². The van der Waals surface area contributed by atoms with Gasteiger partial charge in [0, 0.05) is 25.6 Å². The van der Waals surface area contributed by atoms with E-state index in [1.165, 1.54) is 12.1 Å². The first kappa shape index (κ1) is 17.1. The maximum absolute atomic E-state index is 13.4. The monoisotopic (exact) mass is 296 g/mol. The molecule has 0 aliphatic carbocycles. The fourth-order valence-corrected chi connectivity index (χ4v) is 1.73. The average molecular weight is 296 g/mol. The molecule has 1 rings (SSSR count). The molecule has 5 nitrogen and oxygen atoms in total. The van der Waals surface area contributed by atoms with E-state index >= 15 is 0 Å². The minimum absolute atomic E-state index is 0.0238. The van der Waals surface area contributed by atoms with Gasteiger partial charge < -0.3 is 15.7 Å². The molecule has 3 N–H and O–H groups in total. The molecule has 0 aliphatic rings. The molecule has 0 radical (unpaired) electrons. The molecule has 0 fully saturated rings. The molecule has 0 spiro atoms. The van der Waals surface area contributed by atoms with Crippen LogP contribution in [0.25, 0.3) is 0 Å². The van der Waals surface area contributed by atoms with Gasteiger partial charge in [-0.2, -0.15) is 0 Å². The fraction of sp³-hybridized carbons (Fsp3) is 0.467. The maximum atomic E-state index is 13.4. The Balaban J connectivity index is 2.35. The number of amides is 1. The minimum atomic E-state index is -1.28. The van der Waals surface area contributed by atoms with E-state index < -0.39 is 11.8 Å². The van der Waals surface area contributed by atoms with Crippen molar-refractivity contribution >= 4 is 11.9 Å². The number of nitrogens with one attached hydrogen (secondary N) is 2. The van der Waals surface area contributed by atoms with Gasteiger partial charge in [-0.3, -0.25) is 4.79 Å². The first-order valence-corrected chi connectivity index (χ1v) is 6.95. The molecule has 0 saturated carbocycles. The summed E-state index contributed by atoms with van der Waals surface area (Å²) >= 11 is 0. The molecule has 1 aromatic rings. The number of aromatic carboxylic acids is 1. The first-order valence-electron chi connectivity index (χ1n) is 6.95. The Labute approximate surface area is 123 Å². The van der Waals surface area contributed by atoms with Crippen LogP contribution in [-0.4, -0.2) is 29.6 Å². The molecular formula is C15H21FN2O3. The smallest absolute Gasteiger partial charge is 0.338 e. The van der Waals surface area contributed by atoms with E-state index in [0.29, 0.717) is 25.1 Å². The lowest BCUT2D eigenvalue weighted by Gasteiger charge is -2.11. The molecule has 6 heteroatoms. The van der Waals surface area contributed by atoms with Crippen molar-refractivity contribution in [1.82, 2.24) is 10.6 Å². The maximum Gasteiger partial charge on any atom is 0.338 e. The van der Waals surface area contributed by atoms with Gasteiger partial charge in [0.15, 0.2) is 0 Å². The summed E-state index contributed by atoms with van der Waals surface area (Å²) in [5.41, 5.74) is 0.298. The highest BCUT2D eigenvalue weighted by molar-refractivity contribution is 5.87. The standard InChI is InChI=1S/C15H21FN2O3/c1-3-10(2)18-14(19)6-7-17-9-11-4-5-12(15(20)21)13(16)8-11/h4-5,8,10,17H,3,6-7,9H2,1-2H3,(H,18,19)(H,20,21). The van der Waals surface area contributed by atoms with Crippen LogP contribution in [0.15, 0.2) is 18.2 Å². The van der Waals surface area contributed by atoms with Gasteiger partial charge in [0.25, 0.3) is 0 Å². The van der Waals surface area contributed by atoms with Crippen molar-refractivity contribution in [2.24, 2.45) is 0 Å². The topological polar surface area (TPSA) is 78.4 Å². The summed E-state index contributed by atoms with van der Waals surface area (Å²) in [5.74, 6) is -2.06. The van der Waals surface area contributed by atoms with Crippen LogP contribution < -0.4 is 10.6 Å². The summed E-state index contributed by atoms with van der Waals surface area (Å²) in [6.07, 6.45) is 1.23. The summed E-state index contributed by atoms with van der Waals surface area (Å²) in [7, 11) is 0. The number of halogens is 1. The summed E-state index contributed by atoms with van der Waals surface area (Å²) < 4.78 is 13.4. The predicted molar refractivity (Wildman–Crippen MR) is 77.6 cm³/mol. The second-order valence-corrected chi connectivity index (χ2v) is 4.92. The van der Waals surface area contributed by atoms with E-state index in [0.717, 1.165) is 6.42 Å². The van der Waals surface area contributed by atoms with Crippen LogP contribution in [-0.2, 0) is 11.3 Å². The zero-order valence-electron chi connectivity index (χ0n) is 12.3. The first-order chi connectivity index (χ1) is 9.93. The van der Waals surface area contributed by atoms with Gasteiger partial charge in [-0.05, 0) is 31.0 Å². The van der Waals surface area contributed by atoms with Crippen LogP contribution >= 0.6 is 0 Å². The lowest BCUT2D eigenvalue weighted by Crippen LogP contribution is -2.33. The van der Waals surface area contributed by atoms with Crippen LogP contribution in [0.2, 0.25) is 0 Å². The second kappa shape index (κ2) is 8.36. The molecule has 1 atom stereocenters. The largest absolute Gasteiger partial charge is 0.478 e. The van der Waals surface area contributed by atoms with Crippen molar-refractivity contribution in [3.05, 3.63) is 35.1 Å². The second-order valence-electron chi connectivity index (χ2n) is 4.92. The molecule has 0 heterocycles. The van der Waals surface area contributed by atoms with Gasteiger partial charge in [0.2, 0.25) is 5.91 Å². The van der Waals surface area contributed by atoms with Crippen molar-refractivity contribution in [3.63, 3.8) is 0 Å². The molecule has 1 amide bonds. The number of carboxylic acids is 1. The van der Waals surface area contributed by atoms with E-state index in [-0.39, 0.29) is 17.5 Å². The van der Waals surface area contributed by atoms with Gasteiger partial charge in [0.05, 0.1) is 5.56 Å². The normalized spacial score (nSPS) is 12.0. The zero-order chi connectivity index (χ0) is 15.8. The van der Waals surface area contributed by atoms with Crippen molar-refractivity contribution < 1.29 is 19.1 Å². The quantitative estimate of drug-likeness (QED) is 0.640. The highest BCUT2D eigenvalue weighted by Gasteiger charge is 2.10. The molecule has 0 bridgehead atoms. The van der Waals surface area contributed by atoms with E-state index in [2.05, 4.69) is 10.6 Å². The average Bonchev–Trinajstić information content (AvgIpc) is 2.43. The Morgan fingerprint density at radius 3 is 2.67 bits per heavy atom. The van der Waals surface area contributed by atoms with Crippen LogP contribution in [0.1, 0.15) is 42.6 Å². The molecule has 1 unspecified atom stereocenters. The third-order valence-electron chi connectivity index (χ3n) is 3.14. The van der Waals surface area contributed by atoms with Crippen LogP contribution in [0.3, 0.4) is 0 Å². The Bertz CT molecular complexity index is 506. The highest BCUT2D eigenvalue weighted by Crippen LogP contribution is 2.10. The minimum Gasteiger partial charge on any atom is -0.478 e. The fourth-order valence-electron chi connectivity index (χ4n) is 1.73. The molecule has 116 valence electrons. The Kier molecular flexibility index (Phi) is 6.81. The predicted octanol–water partition coefficient (Wildman–Crippen LogP) is 1.92. The third-order valence-corrected chi connectivity index (χ3v) is 3.14. The number of rotatable bonds is 8. The molecule has 1 aromatic carbocycles. The molecule has 0 aliphatic heterocycles. The van der Waals surface area contributed by atoms with E-state index in [4.69, 9.17) is 5.11 Å². The third kappa shape index (κ3) is 5.91. The van der Waals surface area contributed by atoms with Gasteiger partial charge in [0.1, 0.15) is 5.82 Å².